The zero-order valence-corrected chi connectivity index (χ0v) is 12.5. The first-order chi connectivity index (χ1) is 9.59. The Balaban J connectivity index is 2.02. The Bertz CT molecular complexity index is 598. The summed E-state index contributed by atoms with van der Waals surface area (Å²) in [4.78, 5) is 4.56. The molecular weight excluding hydrogens is 244 g/mol. The lowest BCUT2D eigenvalue weighted by atomic mass is 9.65. The van der Waals surface area contributed by atoms with E-state index in [1.807, 2.05) is 12.3 Å². The number of aromatic nitrogens is 1. The quantitative estimate of drug-likeness (QED) is 0.874. The van der Waals surface area contributed by atoms with Gasteiger partial charge in [-0.05, 0) is 35.8 Å². The highest BCUT2D eigenvalue weighted by atomic mass is 14.7. The van der Waals surface area contributed by atoms with Crippen LogP contribution < -0.4 is 5.73 Å². The van der Waals surface area contributed by atoms with E-state index in [4.69, 9.17) is 5.73 Å². The van der Waals surface area contributed by atoms with Gasteiger partial charge in [-0.2, -0.15) is 0 Å². The van der Waals surface area contributed by atoms with E-state index >= 15 is 0 Å². The van der Waals surface area contributed by atoms with Crippen molar-refractivity contribution in [3.63, 3.8) is 0 Å². The number of rotatable bonds is 2. The molecule has 1 saturated carbocycles. The maximum atomic E-state index is 6.67. The van der Waals surface area contributed by atoms with E-state index in [1.165, 1.54) is 36.6 Å². The third-order valence-electron chi connectivity index (χ3n) is 5.05. The minimum Gasteiger partial charge on any atom is -0.324 e. The summed E-state index contributed by atoms with van der Waals surface area (Å²) in [6.45, 7) is 4.74. The van der Waals surface area contributed by atoms with Crippen LogP contribution in [0.1, 0.15) is 51.1 Å². The van der Waals surface area contributed by atoms with Gasteiger partial charge in [0.2, 0.25) is 0 Å². The Morgan fingerprint density at radius 2 is 2.00 bits per heavy atom. The molecule has 20 heavy (non-hydrogen) atoms. The molecule has 2 aromatic rings. The molecule has 2 nitrogen and oxygen atoms in total. The standard InChI is InChI=1S/C18H24N2/c1-18(2)11-4-3-10-15(18)16(19)14-9-5-7-13-8-6-12-20-17(13)14/h5-9,12,15-16H,3-4,10-11,19H2,1-2H3. The predicted octanol–water partition coefficient (Wildman–Crippen LogP) is 4.45. The third-order valence-corrected chi connectivity index (χ3v) is 5.05. The zero-order valence-electron chi connectivity index (χ0n) is 12.5. The van der Waals surface area contributed by atoms with Crippen LogP contribution in [0.2, 0.25) is 0 Å². The van der Waals surface area contributed by atoms with Crippen LogP contribution in [0.5, 0.6) is 0 Å². The summed E-state index contributed by atoms with van der Waals surface area (Å²) in [6.07, 6.45) is 7.02. The molecule has 3 rings (SSSR count). The van der Waals surface area contributed by atoms with Crippen LogP contribution in [0.15, 0.2) is 36.5 Å². The fourth-order valence-electron chi connectivity index (χ4n) is 3.80. The fraction of sp³-hybridized carbons (Fsp3) is 0.500. The summed E-state index contributed by atoms with van der Waals surface area (Å²) >= 11 is 0. The van der Waals surface area contributed by atoms with Crippen LogP contribution in [-0.2, 0) is 0 Å². The number of nitrogens with zero attached hydrogens (tertiary/aromatic N) is 1. The molecule has 2 heteroatoms. The summed E-state index contributed by atoms with van der Waals surface area (Å²) < 4.78 is 0. The second kappa shape index (κ2) is 5.17. The Kier molecular flexibility index (Phi) is 3.51. The van der Waals surface area contributed by atoms with E-state index in [9.17, 15) is 0 Å². The Morgan fingerprint density at radius 1 is 1.20 bits per heavy atom. The van der Waals surface area contributed by atoms with Crippen molar-refractivity contribution in [1.29, 1.82) is 0 Å². The van der Waals surface area contributed by atoms with E-state index in [1.54, 1.807) is 0 Å². The number of fused-ring (bicyclic) bond motifs is 1. The van der Waals surface area contributed by atoms with Gasteiger partial charge in [-0.3, -0.25) is 4.98 Å². The lowest BCUT2D eigenvalue weighted by molar-refractivity contribution is 0.113. The molecule has 2 N–H and O–H groups in total. The first-order valence-electron chi connectivity index (χ1n) is 7.69. The number of pyridine rings is 1. The van der Waals surface area contributed by atoms with E-state index < -0.39 is 0 Å². The molecule has 2 atom stereocenters. The number of nitrogens with two attached hydrogens (primary N) is 1. The van der Waals surface area contributed by atoms with Crippen molar-refractivity contribution < 1.29 is 0 Å². The monoisotopic (exact) mass is 268 g/mol. The molecule has 0 radical (unpaired) electrons. The maximum Gasteiger partial charge on any atom is 0.0749 e. The van der Waals surface area contributed by atoms with Gasteiger partial charge >= 0.3 is 0 Å². The van der Waals surface area contributed by atoms with Gasteiger partial charge in [-0.1, -0.05) is 51.0 Å². The first-order valence-corrected chi connectivity index (χ1v) is 7.69. The van der Waals surface area contributed by atoms with Crippen LogP contribution in [-0.4, -0.2) is 4.98 Å². The van der Waals surface area contributed by atoms with Crippen LogP contribution in [0.25, 0.3) is 10.9 Å². The van der Waals surface area contributed by atoms with Crippen LogP contribution in [0.4, 0.5) is 0 Å². The SMILES string of the molecule is CC1(C)CCCCC1C(N)c1cccc2cccnc12. The molecule has 1 heterocycles. The molecule has 1 fully saturated rings. The molecule has 0 saturated heterocycles. The summed E-state index contributed by atoms with van der Waals surface area (Å²) in [7, 11) is 0. The summed E-state index contributed by atoms with van der Waals surface area (Å²) in [6, 6.07) is 10.6. The smallest absolute Gasteiger partial charge is 0.0749 e. The Labute approximate surface area is 121 Å². The summed E-state index contributed by atoms with van der Waals surface area (Å²) in [5.74, 6) is 0.545. The first kappa shape index (κ1) is 13.6. The van der Waals surface area contributed by atoms with Gasteiger partial charge in [0.05, 0.1) is 5.52 Å². The number of hydrogen-bond acceptors (Lipinski definition) is 2. The number of hydrogen-bond donors (Lipinski definition) is 1. The minimum atomic E-state index is 0.0869. The zero-order chi connectivity index (χ0) is 14.2. The molecule has 0 spiro atoms. The highest BCUT2D eigenvalue weighted by molar-refractivity contribution is 5.82. The molecule has 1 aromatic heterocycles. The molecule has 1 aromatic carbocycles. The largest absolute Gasteiger partial charge is 0.324 e. The Hall–Kier alpha value is -1.41. The van der Waals surface area contributed by atoms with Crippen molar-refractivity contribution in [1.82, 2.24) is 4.98 Å². The second-order valence-electron chi connectivity index (χ2n) is 6.79. The van der Waals surface area contributed by atoms with Crippen molar-refractivity contribution in [2.75, 3.05) is 0 Å². The normalized spacial score (nSPS) is 23.6. The lowest BCUT2D eigenvalue weighted by Crippen LogP contribution is -2.36. The highest BCUT2D eigenvalue weighted by Gasteiger charge is 2.37. The molecule has 106 valence electrons. The molecule has 1 aliphatic carbocycles. The van der Waals surface area contributed by atoms with Crippen molar-refractivity contribution in [2.24, 2.45) is 17.1 Å². The molecular formula is C18H24N2. The topological polar surface area (TPSA) is 38.9 Å². The van der Waals surface area contributed by atoms with Crippen LogP contribution >= 0.6 is 0 Å². The minimum absolute atomic E-state index is 0.0869. The fourth-order valence-corrected chi connectivity index (χ4v) is 3.80. The molecule has 0 aliphatic heterocycles. The average Bonchev–Trinajstić information content (AvgIpc) is 2.45. The molecule has 2 unspecified atom stereocenters. The van der Waals surface area contributed by atoms with E-state index in [2.05, 4.69) is 43.1 Å². The Morgan fingerprint density at radius 3 is 2.80 bits per heavy atom. The molecule has 1 aliphatic rings. The van der Waals surface area contributed by atoms with E-state index in [0.29, 0.717) is 11.3 Å². The van der Waals surface area contributed by atoms with Gasteiger partial charge in [0.25, 0.3) is 0 Å². The van der Waals surface area contributed by atoms with Crippen LogP contribution in [0.3, 0.4) is 0 Å². The van der Waals surface area contributed by atoms with Crippen molar-refractivity contribution in [2.45, 2.75) is 45.6 Å². The average molecular weight is 268 g/mol. The second-order valence-corrected chi connectivity index (χ2v) is 6.79. The maximum absolute atomic E-state index is 6.67. The molecule has 0 amide bonds. The van der Waals surface area contributed by atoms with Crippen LogP contribution in [0, 0.1) is 11.3 Å². The van der Waals surface area contributed by atoms with E-state index in [0.717, 1.165) is 5.52 Å². The predicted molar refractivity (Wildman–Crippen MR) is 84.4 cm³/mol. The lowest BCUT2D eigenvalue weighted by Gasteiger charge is -2.42. The van der Waals surface area contributed by atoms with Gasteiger partial charge in [-0.25, -0.2) is 0 Å². The van der Waals surface area contributed by atoms with Crippen molar-refractivity contribution in [3.8, 4) is 0 Å². The van der Waals surface area contributed by atoms with Crippen molar-refractivity contribution in [3.05, 3.63) is 42.1 Å². The van der Waals surface area contributed by atoms with Gasteiger partial charge < -0.3 is 5.73 Å². The van der Waals surface area contributed by atoms with Gasteiger partial charge in [-0.15, -0.1) is 0 Å². The number of para-hydroxylation sites is 1. The third kappa shape index (κ3) is 2.33. The number of benzene rings is 1. The highest BCUT2D eigenvalue weighted by Crippen LogP contribution is 2.46. The summed E-state index contributed by atoms with van der Waals surface area (Å²) in [5, 5.41) is 1.19. The molecule has 0 bridgehead atoms. The van der Waals surface area contributed by atoms with Gasteiger partial charge in [0.1, 0.15) is 0 Å². The van der Waals surface area contributed by atoms with Crippen molar-refractivity contribution >= 4 is 10.9 Å². The van der Waals surface area contributed by atoms with Gasteiger partial charge in [0, 0.05) is 17.6 Å². The summed E-state index contributed by atoms with van der Waals surface area (Å²) in [5.41, 5.74) is 9.28. The van der Waals surface area contributed by atoms with Gasteiger partial charge in [0.15, 0.2) is 0 Å². The van der Waals surface area contributed by atoms with E-state index in [-0.39, 0.29) is 6.04 Å².